The van der Waals surface area contributed by atoms with E-state index in [0.717, 1.165) is 43.1 Å². The number of carbonyl (C=O) groups is 1. The van der Waals surface area contributed by atoms with Crippen molar-refractivity contribution >= 4 is 17.7 Å². The maximum atomic E-state index is 10.3. The molecule has 1 aromatic rings. The molecule has 4 heteroatoms. The van der Waals surface area contributed by atoms with Gasteiger partial charge in [-0.3, -0.25) is 4.79 Å². The summed E-state index contributed by atoms with van der Waals surface area (Å²) in [4.78, 5) is 10.3. The van der Waals surface area contributed by atoms with E-state index in [1.807, 2.05) is 36.0 Å². The number of aliphatic carboxylic acids is 1. The molecule has 0 aliphatic carbocycles. The number of hydrogen-bond donors (Lipinski definition) is 1. The van der Waals surface area contributed by atoms with E-state index in [1.54, 1.807) is 0 Å². The average molecular weight is 282 g/mol. The number of thioether (sulfide) groups is 1. The molecule has 0 radical (unpaired) electrons. The maximum Gasteiger partial charge on any atom is 0.303 e. The van der Waals surface area contributed by atoms with Gasteiger partial charge in [0.1, 0.15) is 5.75 Å². The zero-order valence-corrected chi connectivity index (χ0v) is 12.2. The summed E-state index contributed by atoms with van der Waals surface area (Å²) in [6, 6.07) is 8.09. The first-order valence-electron chi connectivity index (χ1n) is 6.67. The van der Waals surface area contributed by atoms with Crippen molar-refractivity contribution in [2.75, 3.05) is 18.1 Å². The molecule has 0 spiro atoms. The van der Waals surface area contributed by atoms with Crippen molar-refractivity contribution in [3.63, 3.8) is 0 Å². The molecule has 106 valence electrons. The third kappa shape index (κ3) is 8.54. The molecule has 0 atom stereocenters. The molecule has 3 nitrogen and oxygen atoms in total. The van der Waals surface area contributed by atoms with Gasteiger partial charge >= 0.3 is 5.97 Å². The first-order chi connectivity index (χ1) is 9.18. The van der Waals surface area contributed by atoms with E-state index in [1.165, 1.54) is 5.56 Å². The minimum atomic E-state index is -0.698. The largest absolute Gasteiger partial charge is 0.494 e. The van der Waals surface area contributed by atoms with Crippen LogP contribution < -0.4 is 4.74 Å². The van der Waals surface area contributed by atoms with Crippen molar-refractivity contribution in [3.8, 4) is 5.75 Å². The van der Waals surface area contributed by atoms with E-state index < -0.39 is 5.97 Å². The highest BCUT2D eigenvalue weighted by Gasteiger charge is 1.97. The van der Waals surface area contributed by atoms with Crippen LogP contribution in [0.4, 0.5) is 0 Å². The van der Waals surface area contributed by atoms with Crippen LogP contribution in [-0.4, -0.2) is 29.2 Å². The number of unbranched alkanes of at least 4 members (excludes halogenated alkanes) is 1. The van der Waals surface area contributed by atoms with Gasteiger partial charge in [0, 0.05) is 6.42 Å². The van der Waals surface area contributed by atoms with Crippen LogP contribution in [0.5, 0.6) is 5.75 Å². The lowest BCUT2D eigenvalue weighted by Gasteiger charge is -2.06. The minimum absolute atomic E-state index is 0.289. The second kappa shape index (κ2) is 9.73. The Kier molecular flexibility index (Phi) is 8.14. The molecule has 19 heavy (non-hydrogen) atoms. The van der Waals surface area contributed by atoms with E-state index in [9.17, 15) is 4.79 Å². The number of rotatable bonds is 10. The van der Waals surface area contributed by atoms with Crippen molar-refractivity contribution in [1.82, 2.24) is 0 Å². The standard InChI is InChI=1S/C15H22O3S/c1-13-6-8-14(9-7-13)18-10-4-12-19-11-3-2-5-15(16)17/h6-9H,2-5,10-12H2,1H3,(H,16,17). The number of hydrogen-bond acceptors (Lipinski definition) is 3. The van der Waals surface area contributed by atoms with Gasteiger partial charge in [-0.1, -0.05) is 17.7 Å². The zero-order chi connectivity index (χ0) is 13.9. The summed E-state index contributed by atoms with van der Waals surface area (Å²) < 4.78 is 5.63. The number of ether oxygens (including phenoxy) is 1. The van der Waals surface area contributed by atoms with Gasteiger partial charge in [-0.2, -0.15) is 11.8 Å². The van der Waals surface area contributed by atoms with E-state index in [4.69, 9.17) is 9.84 Å². The lowest BCUT2D eigenvalue weighted by atomic mass is 10.2. The zero-order valence-electron chi connectivity index (χ0n) is 11.4. The lowest BCUT2D eigenvalue weighted by molar-refractivity contribution is -0.137. The Morgan fingerprint density at radius 1 is 1.16 bits per heavy atom. The third-order valence-corrected chi connectivity index (χ3v) is 3.81. The fraction of sp³-hybridized carbons (Fsp3) is 0.533. The topological polar surface area (TPSA) is 46.5 Å². The Morgan fingerprint density at radius 3 is 2.53 bits per heavy atom. The van der Waals surface area contributed by atoms with Gasteiger partial charge in [0.05, 0.1) is 6.61 Å². The smallest absolute Gasteiger partial charge is 0.303 e. The first-order valence-corrected chi connectivity index (χ1v) is 7.83. The fourth-order valence-electron chi connectivity index (χ4n) is 1.57. The van der Waals surface area contributed by atoms with Gasteiger partial charge in [-0.25, -0.2) is 0 Å². The van der Waals surface area contributed by atoms with Crippen LogP contribution >= 0.6 is 11.8 Å². The number of carboxylic acid groups (broad SMARTS) is 1. The minimum Gasteiger partial charge on any atom is -0.494 e. The van der Waals surface area contributed by atoms with Crippen molar-refractivity contribution < 1.29 is 14.6 Å². The molecule has 0 aliphatic rings. The molecule has 0 aromatic heterocycles. The van der Waals surface area contributed by atoms with Crippen molar-refractivity contribution in [2.24, 2.45) is 0 Å². The van der Waals surface area contributed by atoms with Gasteiger partial charge in [-0.05, 0) is 49.8 Å². The van der Waals surface area contributed by atoms with E-state index >= 15 is 0 Å². The van der Waals surface area contributed by atoms with Crippen LogP contribution in [0.1, 0.15) is 31.2 Å². The average Bonchev–Trinajstić information content (AvgIpc) is 2.38. The monoisotopic (exact) mass is 282 g/mol. The molecular formula is C15H22O3S. The molecule has 1 N–H and O–H groups in total. The molecule has 0 unspecified atom stereocenters. The lowest BCUT2D eigenvalue weighted by Crippen LogP contribution is -1.99. The van der Waals surface area contributed by atoms with Crippen molar-refractivity contribution in [1.29, 1.82) is 0 Å². The van der Waals surface area contributed by atoms with Crippen LogP contribution in [0.15, 0.2) is 24.3 Å². The Hall–Kier alpha value is -1.16. The highest BCUT2D eigenvalue weighted by molar-refractivity contribution is 7.99. The summed E-state index contributed by atoms with van der Waals surface area (Å²) in [6.07, 6.45) is 3.08. The molecule has 0 saturated heterocycles. The second-order valence-corrected chi connectivity index (χ2v) is 5.70. The quantitative estimate of drug-likeness (QED) is 0.664. The van der Waals surface area contributed by atoms with Gasteiger partial charge < -0.3 is 9.84 Å². The predicted octanol–water partition coefficient (Wildman–Crippen LogP) is 3.75. The fourth-order valence-corrected chi connectivity index (χ4v) is 2.50. The van der Waals surface area contributed by atoms with Crippen LogP contribution in [0.25, 0.3) is 0 Å². The summed E-state index contributed by atoms with van der Waals surface area (Å²) in [7, 11) is 0. The molecule has 0 heterocycles. The molecule has 0 saturated carbocycles. The Labute approximate surface area is 119 Å². The molecule has 0 amide bonds. The molecule has 0 bridgehead atoms. The van der Waals surface area contributed by atoms with Crippen molar-refractivity contribution in [3.05, 3.63) is 29.8 Å². The first kappa shape index (κ1) is 15.9. The SMILES string of the molecule is Cc1ccc(OCCCSCCCCC(=O)O)cc1. The Morgan fingerprint density at radius 2 is 1.84 bits per heavy atom. The summed E-state index contributed by atoms with van der Waals surface area (Å²) in [6.45, 7) is 2.80. The second-order valence-electron chi connectivity index (χ2n) is 4.48. The Balaban J connectivity index is 1.91. The molecule has 1 rings (SSSR count). The number of benzene rings is 1. The van der Waals surface area contributed by atoms with Gasteiger partial charge in [0.25, 0.3) is 0 Å². The van der Waals surface area contributed by atoms with Crippen LogP contribution in [0, 0.1) is 6.92 Å². The van der Waals surface area contributed by atoms with Crippen LogP contribution in [0.3, 0.4) is 0 Å². The van der Waals surface area contributed by atoms with E-state index in [2.05, 4.69) is 6.92 Å². The van der Waals surface area contributed by atoms with Crippen molar-refractivity contribution in [2.45, 2.75) is 32.6 Å². The number of aryl methyl sites for hydroxylation is 1. The molecule has 0 aliphatic heterocycles. The van der Waals surface area contributed by atoms with E-state index in [0.29, 0.717) is 0 Å². The summed E-state index contributed by atoms with van der Waals surface area (Å²) in [5.74, 6) is 2.34. The van der Waals surface area contributed by atoms with Gasteiger partial charge in [0.15, 0.2) is 0 Å². The predicted molar refractivity (Wildman–Crippen MR) is 80.1 cm³/mol. The normalized spacial score (nSPS) is 10.4. The van der Waals surface area contributed by atoms with Crippen LogP contribution in [0.2, 0.25) is 0 Å². The third-order valence-electron chi connectivity index (χ3n) is 2.65. The summed E-state index contributed by atoms with van der Waals surface area (Å²) in [5, 5.41) is 8.49. The maximum absolute atomic E-state index is 10.3. The van der Waals surface area contributed by atoms with Gasteiger partial charge in [-0.15, -0.1) is 0 Å². The molecular weight excluding hydrogens is 260 g/mol. The highest BCUT2D eigenvalue weighted by atomic mass is 32.2. The Bertz CT molecular complexity index is 362. The number of carboxylic acids is 1. The molecule has 0 fully saturated rings. The summed E-state index contributed by atoms with van der Waals surface area (Å²) in [5.41, 5.74) is 1.24. The van der Waals surface area contributed by atoms with Crippen LogP contribution in [-0.2, 0) is 4.79 Å². The van der Waals surface area contributed by atoms with Gasteiger partial charge in [0.2, 0.25) is 0 Å². The highest BCUT2D eigenvalue weighted by Crippen LogP contribution is 2.12. The summed E-state index contributed by atoms with van der Waals surface area (Å²) >= 11 is 1.87. The van der Waals surface area contributed by atoms with E-state index in [-0.39, 0.29) is 6.42 Å². The molecule has 1 aromatic carbocycles.